The Morgan fingerprint density at radius 1 is 0.970 bits per heavy atom. The molecular formula is C24H18ClF2N5O. The average Bonchev–Trinajstić information content (AvgIpc) is 2.77. The zero-order chi connectivity index (χ0) is 23.5. The number of nitrogens with one attached hydrogen (secondary N) is 2. The van der Waals surface area contributed by atoms with Gasteiger partial charge in [-0.3, -0.25) is 9.78 Å². The zero-order valence-electron chi connectivity index (χ0n) is 17.7. The summed E-state index contributed by atoms with van der Waals surface area (Å²) in [6.45, 7) is 3.66. The third kappa shape index (κ3) is 4.96. The third-order valence-electron chi connectivity index (χ3n) is 4.95. The fourth-order valence-corrected chi connectivity index (χ4v) is 3.54. The normalized spacial score (nSPS) is 10.7. The van der Waals surface area contributed by atoms with Crippen LogP contribution >= 0.6 is 11.6 Å². The van der Waals surface area contributed by atoms with Crippen LogP contribution in [-0.2, 0) is 0 Å². The summed E-state index contributed by atoms with van der Waals surface area (Å²) < 4.78 is 27.2. The first kappa shape index (κ1) is 22.3. The van der Waals surface area contributed by atoms with Gasteiger partial charge in [0.1, 0.15) is 17.5 Å². The molecule has 0 aliphatic carbocycles. The summed E-state index contributed by atoms with van der Waals surface area (Å²) in [6.07, 6.45) is 4.93. The van der Waals surface area contributed by atoms with Gasteiger partial charge in [-0.1, -0.05) is 11.6 Å². The SMILES string of the molecule is Cc1cc(Nc2cc(-c3cnc(Cl)c(NC(=O)c4ccc(F)cc4F)c3C)ccn2)ccn1. The fourth-order valence-electron chi connectivity index (χ4n) is 3.30. The van der Waals surface area contributed by atoms with Gasteiger partial charge in [0.05, 0.1) is 11.3 Å². The molecule has 0 saturated carbocycles. The van der Waals surface area contributed by atoms with Crippen molar-refractivity contribution in [3.8, 4) is 11.1 Å². The lowest BCUT2D eigenvalue weighted by atomic mass is 10.0. The molecule has 166 valence electrons. The van der Waals surface area contributed by atoms with E-state index in [2.05, 4.69) is 25.6 Å². The number of hydrogen-bond donors (Lipinski definition) is 2. The highest BCUT2D eigenvalue weighted by Crippen LogP contribution is 2.33. The third-order valence-corrected chi connectivity index (χ3v) is 5.23. The lowest BCUT2D eigenvalue weighted by Gasteiger charge is -2.15. The van der Waals surface area contributed by atoms with Gasteiger partial charge in [-0.05, 0) is 61.4 Å². The Hall–Kier alpha value is -3.91. The average molecular weight is 466 g/mol. The van der Waals surface area contributed by atoms with Gasteiger partial charge in [-0.15, -0.1) is 0 Å². The number of aromatic nitrogens is 3. The minimum absolute atomic E-state index is 0.0479. The lowest BCUT2D eigenvalue weighted by molar-refractivity contribution is 0.102. The van der Waals surface area contributed by atoms with Gasteiger partial charge in [0, 0.05) is 41.6 Å². The highest BCUT2D eigenvalue weighted by molar-refractivity contribution is 6.33. The standard InChI is InChI=1S/C24H18ClF2N5O/c1-13-9-17(6-8-28-13)31-21-10-15(5-7-29-21)19-12-30-23(25)22(14(19)2)32-24(33)18-4-3-16(26)11-20(18)27/h3-12H,1-2H3,(H,32,33)(H,28,29,31). The Morgan fingerprint density at radius 3 is 2.52 bits per heavy atom. The molecule has 1 aromatic carbocycles. The van der Waals surface area contributed by atoms with Crippen molar-refractivity contribution in [1.29, 1.82) is 0 Å². The van der Waals surface area contributed by atoms with Crippen LogP contribution in [0, 0.1) is 25.5 Å². The van der Waals surface area contributed by atoms with Gasteiger partial charge in [-0.2, -0.15) is 0 Å². The van der Waals surface area contributed by atoms with Crippen LogP contribution in [0.1, 0.15) is 21.6 Å². The molecule has 3 heterocycles. The number of halogens is 3. The Bertz CT molecular complexity index is 1360. The molecule has 0 saturated heterocycles. The van der Waals surface area contributed by atoms with Crippen LogP contribution in [0.2, 0.25) is 5.15 Å². The van der Waals surface area contributed by atoms with Gasteiger partial charge in [0.15, 0.2) is 5.15 Å². The van der Waals surface area contributed by atoms with Crippen LogP contribution < -0.4 is 10.6 Å². The Balaban J connectivity index is 1.65. The van der Waals surface area contributed by atoms with Crippen LogP contribution in [0.3, 0.4) is 0 Å². The Morgan fingerprint density at radius 2 is 1.76 bits per heavy atom. The van der Waals surface area contributed by atoms with Gasteiger partial charge in [0.2, 0.25) is 0 Å². The van der Waals surface area contributed by atoms with Gasteiger partial charge in [-0.25, -0.2) is 18.7 Å². The second kappa shape index (κ2) is 9.30. The number of hydrogen-bond acceptors (Lipinski definition) is 5. The molecule has 6 nitrogen and oxygen atoms in total. The predicted molar refractivity (Wildman–Crippen MR) is 124 cm³/mol. The smallest absolute Gasteiger partial charge is 0.258 e. The number of aryl methyl sites for hydroxylation is 1. The van der Waals surface area contributed by atoms with E-state index < -0.39 is 17.5 Å². The minimum atomic E-state index is -0.971. The van der Waals surface area contributed by atoms with Crippen LogP contribution in [0.15, 0.2) is 61.1 Å². The highest BCUT2D eigenvalue weighted by Gasteiger charge is 2.18. The molecule has 0 unspecified atom stereocenters. The number of nitrogens with zero attached hydrogens (tertiary/aromatic N) is 3. The molecular weight excluding hydrogens is 448 g/mol. The van der Waals surface area contributed by atoms with Crippen molar-refractivity contribution in [1.82, 2.24) is 15.0 Å². The largest absolute Gasteiger partial charge is 0.340 e. The number of carbonyl (C=O) groups is 1. The van der Waals surface area contributed by atoms with Crippen molar-refractivity contribution in [2.24, 2.45) is 0 Å². The molecule has 4 rings (SSSR count). The molecule has 0 bridgehead atoms. The van der Waals surface area contributed by atoms with Crippen LogP contribution in [-0.4, -0.2) is 20.9 Å². The first-order valence-corrected chi connectivity index (χ1v) is 10.3. The predicted octanol–water partition coefficient (Wildman–Crippen LogP) is 6.08. The summed E-state index contributed by atoms with van der Waals surface area (Å²) in [7, 11) is 0. The molecule has 0 atom stereocenters. The Labute approximate surface area is 193 Å². The van der Waals surface area contributed by atoms with E-state index in [1.54, 1.807) is 31.6 Å². The maximum atomic E-state index is 14.0. The number of anilines is 3. The maximum Gasteiger partial charge on any atom is 0.258 e. The van der Waals surface area contributed by atoms with E-state index in [1.807, 2.05) is 25.1 Å². The van der Waals surface area contributed by atoms with E-state index >= 15 is 0 Å². The number of amides is 1. The number of pyridine rings is 3. The van der Waals surface area contributed by atoms with E-state index in [0.29, 0.717) is 23.0 Å². The van der Waals surface area contributed by atoms with Crippen molar-refractivity contribution in [3.05, 3.63) is 94.7 Å². The van der Waals surface area contributed by atoms with Crippen LogP contribution in [0.25, 0.3) is 11.1 Å². The molecule has 3 aromatic heterocycles. The number of carbonyl (C=O) groups excluding carboxylic acids is 1. The summed E-state index contributed by atoms with van der Waals surface area (Å²) in [5, 5.41) is 5.87. The van der Waals surface area contributed by atoms with E-state index in [9.17, 15) is 13.6 Å². The summed E-state index contributed by atoms with van der Waals surface area (Å²) in [4.78, 5) is 25.3. The van der Waals surface area contributed by atoms with Crippen LogP contribution in [0.4, 0.5) is 26.0 Å². The Kier molecular flexibility index (Phi) is 6.28. The van der Waals surface area contributed by atoms with Gasteiger partial charge < -0.3 is 10.6 Å². The molecule has 0 fully saturated rings. The number of benzene rings is 1. The molecule has 0 radical (unpaired) electrons. The number of rotatable bonds is 5. The second-order valence-electron chi connectivity index (χ2n) is 7.28. The molecule has 0 spiro atoms. The van der Waals surface area contributed by atoms with E-state index in [-0.39, 0.29) is 16.4 Å². The quantitative estimate of drug-likeness (QED) is 0.349. The molecule has 4 aromatic rings. The summed E-state index contributed by atoms with van der Waals surface area (Å²) in [5.74, 6) is -1.90. The zero-order valence-corrected chi connectivity index (χ0v) is 18.4. The lowest BCUT2D eigenvalue weighted by Crippen LogP contribution is -2.15. The minimum Gasteiger partial charge on any atom is -0.340 e. The molecule has 33 heavy (non-hydrogen) atoms. The van der Waals surface area contributed by atoms with Crippen LogP contribution in [0.5, 0.6) is 0 Å². The summed E-state index contributed by atoms with van der Waals surface area (Å²) in [6, 6.07) is 10.1. The van der Waals surface area contributed by atoms with Crippen molar-refractivity contribution in [2.75, 3.05) is 10.6 Å². The highest BCUT2D eigenvalue weighted by atomic mass is 35.5. The topological polar surface area (TPSA) is 79.8 Å². The van der Waals surface area contributed by atoms with Crippen molar-refractivity contribution < 1.29 is 13.6 Å². The summed E-state index contributed by atoms with van der Waals surface area (Å²) >= 11 is 6.23. The molecule has 0 aliphatic heterocycles. The first-order chi connectivity index (χ1) is 15.8. The molecule has 1 amide bonds. The van der Waals surface area contributed by atoms with Crippen molar-refractivity contribution >= 4 is 34.7 Å². The maximum absolute atomic E-state index is 14.0. The summed E-state index contributed by atoms with van der Waals surface area (Å²) in [5.41, 5.74) is 3.75. The second-order valence-corrected chi connectivity index (χ2v) is 7.64. The van der Waals surface area contributed by atoms with E-state index in [0.717, 1.165) is 29.1 Å². The molecule has 0 aliphatic rings. The van der Waals surface area contributed by atoms with E-state index in [4.69, 9.17) is 11.6 Å². The first-order valence-electron chi connectivity index (χ1n) is 9.89. The van der Waals surface area contributed by atoms with E-state index in [1.165, 1.54) is 0 Å². The van der Waals surface area contributed by atoms with Gasteiger partial charge >= 0.3 is 0 Å². The van der Waals surface area contributed by atoms with Crippen molar-refractivity contribution in [2.45, 2.75) is 13.8 Å². The molecule has 9 heteroatoms. The fraction of sp³-hybridized carbons (Fsp3) is 0.0833. The van der Waals surface area contributed by atoms with Gasteiger partial charge in [0.25, 0.3) is 5.91 Å². The van der Waals surface area contributed by atoms with Crippen molar-refractivity contribution in [3.63, 3.8) is 0 Å². The molecule has 2 N–H and O–H groups in total. The monoisotopic (exact) mass is 465 g/mol.